The van der Waals surface area contributed by atoms with Crippen LogP contribution in [0.2, 0.25) is 0 Å². The average molecular weight is 173 g/mol. The summed E-state index contributed by atoms with van der Waals surface area (Å²) in [5.41, 5.74) is 0. The minimum Gasteiger partial charge on any atom is -0.357 e. The van der Waals surface area contributed by atoms with Crippen LogP contribution in [0.1, 0.15) is 0 Å². The van der Waals surface area contributed by atoms with Crippen molar-refractivity contribution < 1.29 is 28.2 Å². The number of aliphatic hydroxyl groups is 2. The largest absolute Gasteiger partial charge is 0.444 e. The first-order valence-electron chi connectivity index (χ1n) is 2.50. The van der Waals surface area contributed by atoms with Crippen molar-refractivity contribution in [3.8, 4) is 0 Å². The smallest absolute Gasteiger partial charge is 0.357 e. The summed E-state index contributed by atoms with van der Waals surface area (Å²) in [5, 5.41) is 17.9. The van der Waals surface area contributed by atoms with E-state index in [0.717, 1.165) is 0 Å². The first-order chi connectivity index (χ1) is 4.81. The number of carbonyl (C=O) groups is 1. The van der Waals surface area contributed by atoms with Gasteiger partial charge in [0.2, 0.25) is 6.41 Å². The van der Waals surface area contributed by atoms with Gasteiger partial charge >= 0.3 is 6.18 Å². The summed E-state index contributed by atoms with van der Waals surface area (Å²) < 4.78 is 34.5. The van der Waals surface area contributed by atoms with Gasteiger partial charge in [-0.2, -0.15) is 13.2 Å². The lowest BCUT2D eigenvalue weighted by molar-refractivity contribution is -0.344. The second kappa shape index (κ2) is 3.05. The van der Waals surface area contributed by atoms with Crippen LogP contribution in [0.5, 0.6) is 0 Å². The van der Waals surface area contributed by atoms with Gasteiger partial charge < -0.3 is 15.5 Å². The van der Waals surface area contributed by atoms with E-state index in [-0.39, 0.29) is 6.41 Å². The molecule has 0 saturated heterocycles. The molecule has 0 aromatic carbocycles. The van der Waals surface area contributed by atoms with E-state index in [0.29, 0.717) is 0 Å². The van der Waals surface area contributed by atoms with E-state index in [9.17, 15) is 18.0 Å². The van der Waals surface area contributed by atoms with Crippen molar-refractivity contribution >= 4 is 6.41 Å². The summed E-state index contributed by atoms with van der Waals surface area (Å²) >= 11 is 0. The fraction of sp³-hybridized carbons (Fsp3) is 0.750. The van der Waals surface area contributed by atoms with Crippen LogP contribution in [0.4, 0.5) is 13.2 Å². The van der Waals surface area contributed by atoms with Gasteiger partial charge in [0.1, 0.15) is 0 Å². The Bertz CT molecular complexity index is 144. The predicted octanol–water partition coefficient (Wildman–Crippen LogP) is -1.02. The molecule has 4 nitrogen and oxygen atoms in total. The maximum absolute atomic E-state index is 11.5. The van der Waals surface area contributed by atoms with Crippen molar-refractivity contribution in [1.29, 1.82) is 0 Å². The highest BCUT2D eigenvalue weighted by Crippen LogP contribution is 2.26. The number of nitrogens with one attached hydrogen (secondary N) is 1. The second-order valence-corrected chi connectivity index (χ2v) is 1.81. The predicted molar refractivity (Wildman–Crippen MR) is 27.3 cm³/mol. The van der Waals surface area contributed by atoms with Crippen molar-refractivity contribution in [3.05, 3.63) is 0 Å². The molecule has 3 N–H and O–H groups in total. The second-order valence-electron chi connectivity index (χ2n) is 1.81. The molecule has 1 amide bonds. The van der Waals surface area contributed by atoms with Crippen molar-refractivity contribution in [2.75, 3.05) is 6.54 Å². The molecule has 0 fully saturated rings. The van der Waals surface area contributed by atoms with Crippen LogP contribution in [0.3, 0.4) is 0 Å². The molecule has 7 heteroatoms. The third-order valence-electron chi connectivity index (χ3n) is 0.886. The van der Waals surface area contributed by atoms with Gasteiger partial charge in [-0.05, 0) is 0 Å². The van der Waals surface area contributed by atoms with Gasteiger partial charge in [-0.3, -0.25) is 4.79 Å². The van der Waals surface area contributed by atoms with Crippen molar-refractivity contribution in [3.63, 3.8) is 0 Å². The van der Waals surface area contributed by atoms with Crippen LogP contribution >= 0.6 is 0 Å². The van der Waals surface area contributed by atoms with E-state index in [1.54, 1.807) is 0 Å². The van der Waals surface area contributed by atoms with Gasteiger partial charge in [-0.25, -0.2) is 0 Å². The van der Waals surface area contributed by atoms with Crippen LogP contribution in [-0.2, 0) is 4.79 Å². The third kappa shape index (κ3) is 2.72. The fourth-order valence-corrected chi connectivity index (χ4v) is 0.284. The molecule has 66 valence electrons. The Morgan fingerprint density at radius 2 is 1.82 bits per heavy atom. The highest BCUT2D eigenvalue weighted by Gasteiger charge is 2.52. The molecule has 0 spiro atoms. The Morgan fingerprint density at radius 3 is 2.09 bits per heavy atom. The fourth-order valence-electron chi connectivity index (χ4n) is 0.284. The summed E-state index contributed by atoms with van der Waals surface area (Å²) in [6.07, 6.45) is -5.23. The topological polar surface area (TPSA) is 69.6 Å². The van der Waals surface area contributed by atoms with Crippen LogP contribution in [-0.4, -0.2) is 35.1 Å². The van der Waals surface area contributed by atoms with E-state index in [2.05, 4.69) is 0 Å². The monoisotopic (exact) mass is 173 g/mol. The number of amides is 1. The van der Waals surface area contributed by atoms with Crippen LogP contribution < -0.4 is 5.32 Å². The zero-order chi connectivity index (χ0) is 9.12. The van der Waals surface area contributed by atoms with E-state index in [1.807, 2.05) is 0 Å². The molecule has 11 heavy (non-hydrogen) atoms. The van der Waals surface area contributed by atoms with E-state index < -0.39 is 18.5 Å². The summed E-state index contributed by atoms with van der Waals surface area (Å²) in [6, 6.07) is 0. The first-order valence-corrected chi connectivity index (χ1v) is 2.50. The standard InChI is InChI=1S/C4H6F3NO3/c5-4(6,7)3(10,11)1-8-2-9/h2,10-11H,1H2,(H,8,9). The summed E-state index contributed by atoms with van der Waals surface area (Å²) in [6.45, 7) is -1.28. The quantitative estimate of drug-likeness (QED) is 0.377. The van der Waals surface area contributed by atoms with Gasteiger partial charge in [0.25, 0.3) is 5.79 Å². The number of carbonyl (C=O) groups excluding carboxylic acids is 1. The Morgan fingerprint density at radius 1 is 1.36 bits per heavy atom. The molecule has 0 radical (unpaired) electrons. The number of hydrogen-bond donors (Lipinski definition) is 3. The highest BCUT2D eigenvalue weighted by atomic mass is 19.4. The Kier molecular flexibility index (Phi) is 2.83. The van der Waals surface area contributed by atoms with E-state index >= 15 is 0 Å². The molecular formula is C4H6F3NO3. The minimum atomic E-state index is -5.16. The SMILES string of the molecule is O=CNCC(O)(O)C(F)(F)F. The number of halogens is 3. The molecule has 0 aliphatic rings. The van der Waals surface area contributed by atoms with Crippen molar-refractivity contribution in [1.82, 2.24) is 5.32 Å². The van der Waals surface area contributed by atoms with Gasteiger partial charge in [-0.15, -0.1) is 0 Å². The minimum absolute atomic E-state index is 0.0626. The zero-order valence-corrected chi connectivity index (χ0v) is 5.22. The molecule has 0 aliphatic heterocycles. The zero-order valence-electron chi connectivity index (χ0n) is 5.22. The van der Waals surface area contributed by atoms with Gasteiger partial charge in [-0.1, -0.05) is 0 Å². The van der Waals surface area contributed by atoms with Gasteiger partial charge in [0.05, 0.1) is 6.54 Å². The van der Waals surface area contributed by atoms with Gasteiger partial charge in [0.15, 0.2) is 0 Å². The molecular weight excluding hydrogens is 167 g/mol. The molecule has 0 saturated carbocycles. The lowest BCUT2D eigenvalue weighted by atomic mass is 10.3. The maximum Gasteiger partial charge on any atom is 0.444 e. The Balaban J connectivity index is 4.10. The maximum atomic E-state index is 11.5. The van der Waals surface area contributed by atoms with Crippen LogP contribution in [0.15, 0.2) is 0 Å². The van der Waals surface area contributed by atoms with Crippen LogP contribution in [0.25, 0.3) is 0 Å². The highest BCUT2D eigenvalue weighted by molar-refractivity contribution is 5.45. The molecule has 0 aromatic heterocycles. The Hall–Kier alpha value is -0.820. The normalized spacial score (nSPS) is 12.8. The molecule has 0 bridgehead atoms. The Labute approximate surface area is 59.6 Å². The number of alkyl halides is 3. The first kappa shape index (κ1) is 10.2. The molecule has 0 atom stereocenters. The van der Waals surface area contributed by atoms with E-state index in [4.69, 9.17) is 10.2 Å². The molecule has 0 aliphatic carbocycles. The van der Waals surface area contributed by atoms with E-state index in [1.165, 1.54) is 5.32 Å². The molecule has 0 heterocycles. The summed E-state index contributed by atoms with van der Waals surface area (Å²) in [7, 11) is 0. The lowest BCUT2D eigenvalue weighted by Gasteiger charge is -2.23. The number of hydrogen-bond acceptors (Lipinski definition) is 3. The van der Waals surface area contributed by atoms with Crippen LogP contribution in [0, 0.1) is 0 Å². The van der Waals surface area contributed by atoms with Crippen molar-refractivity contribution in [2.45, 2.75) is 12.0 Å². The molecule has 0 unspecified atom stereocenters. The number of rotatable bonds is 3. The molecule has 0 aromatic rings. The summed E-state index contributed by atoms with van der Waals surface area (Å²) in [4.78, 5) is 9.48. The average Bonchev–Trinajstić information content (AvgIpc) is 1.81. The van der Waals surface area contributed by atoms with Crippen molar-refractivity contribution in [2.24, 2.45) is 0 Å². The lowest BCUT2D eigenvalue weighted by Crippen LogP contribution is -2.52. The summed E-state index contributed by atoms with van der Waals surface area (Å²) in [5.74, 6) is -3.85. The third-order valence-corrected chi connectivity index (χ3v) is 0.886. The van der Waals surface area contributed by atoms with Gasteiger partial charge in [0, 0.05) is 0 Å². The molecule has 0 rings (SSSR count).